The Labute approximate surface area is 104 Å². The van der Waals surface area contributed by atoms with Gasteiger partial charge in [0.15, 0.2) is 0 Å². The number of pyridine rings is 1. The first kappa shape index (κ1) is 10.9. The Morgan fingerprint density at radius 2 is 2.11 bits per heavy atom. The zero-order chi connectivity index (χ0) is 12.7. The maximum absolute atomic E-state index is 6.24. The smallest absolute Gasteiger partial charge is 0.131 e. The molecule has 0 saturated heterocycles. The molecule has 0 fully saturated rings. The van der Waals surface area contributed by atoms with Gasteiger partial charge in [-0.1, -0.05) is 0 Å². The molecular weight excluding hydrogens is 228 g/mol. The molecule has 3 rings (SSSR count). The summed E-state index contributed by atoms with van der Waals surface area (Å²) in [5, 5.41) is 4.13. The molecule has 0 aromatic carbocycles. The van der Waals surface area contributed by atoms with Gasteiger partial charge in [-0.25, -0.2) is 4.98 Å². The van der Waals surface area contributed by atoms with Crippen LogP contribution in [-0.4, -0.2) is 24.3 Å². The summed E-state index contributed by atoms with van der Waals surface area (Å²) in [5.41, 5.74) is 9.07. The van der Waals surface area contributed by atoms with E-state index in [0.29, 0.717) is 0 Å². The topological polar surface area (TPSA) is 74.6 Å². The summed E-state index contributed by atoms with van der Waals surface area (Å²) >= 11 is 0. The first-order chi connectivity index (χ1) is 8.66. The number of nitrogens with zero attached hydrogens (tertiary/aromatic N) is 5. The predicted molar refractivity (Wildman–Crippen MR) is 67.7 cm³/mol. The normalized spacial score (nSPS) is 13.1. The molecule has 6 nitrogen and oxygen atoms in total. The van der Waals surface area contributed by atoms with Crippen LogP contribution in [0.5, 0.6) is 0 Å². The Morgan fingerprint density at radius 3 is 2.78 bits per heavy atom. The fourth-order valence-corrected chi connectivity index (χ4v) is 2.08. The highest BCUT2D eigenvalue weighted by atomic mass is 15.2. The van der Waals surface area contributed by atoms with Crippen LogP contribution < -0.4 is 5.73 Å². The Morgan fingerprint density at radius 1 is 1.28 bits per heavy atom. The van der Waals surface area contributed by atoms with E-state index in [1.165, 1.54) is 0 Å². The summed E-state index contributed by atoms with van der Waals surface area (Å²) in [6, 6.07) is 1.60. The van der Waals surface area contributed by atoms with Crippen molar-refractivity contribution in [3.05, 3.63) is 42.2 Å². The average molecular weight is 242 g/mol. The van der Waals surface area contributed by atoms with Gasteiger partial charge in [0.05, 0.1) is 29.5 Å². The first-order valence-corrected chi connectivity index (χ1v) is 5.67. The lowest BCUT2D eigenvalue weighted by Crippen LogP contribution is -2.16. The highest BCUT2D eigenvalue weighted by Gasteiger charge is 2.17. The molecule has 1 unspecified atom stereocenters. The van der Waals surface area contributed by atoms with E-state index in [9.17, 15) is 0 Å². The number of hydrogen-bond donors (Lipinski definition) is 1. The Kier molecular flexibility index (Phi) is 2.38. The van der Waals surface area contributed by atoms with Crippen molar-refractivity contribution in [1.82, 2.24) is 24.3 Å². The van der Waals surface area contributed by atoms with Crippen molar-refractivity contribution in [3.63, 3.8) is 0 Å². The Bertz CT molecular complexity index is 695. The van der Waals surface area contributed by atoms with Crippen LogP contribution in [0.15, 0.2) is 30.9 Å². The molecule has 6 heteroatoms. The quantitative estimate of drug-likeness (QED) is 0.719. The summed E-state index contributed by atoms with van der Waals surface area (Å²) in [6.07, 6.45) is 7.20. The van der Waals surface area contributed by atoms with Gasteiger partial charge < -0.3 is 10.3 Å². The van der Waals surface area contributed by atoms with Gasteiger partial charge >= 0.3 is 0 Å². The van der Waals surface area contributed by atoms with Crippen molar-refractivity contribution in [1.29, 1.82) is 0 Å². The maximum atomic E-state index is 6.24. The molecule has 0 spiro atoms. The van der Waals surface area contributed by atoms with Crippen LogP contribution in [0.1, 0.15) is 17.4 Å². The van der Waals surface area contributed by atoms with Crippen LogP contribution >= 0.6 is 0 Å². The second-order valence-electron chi connectivity index (χ2n) is 4.32. The van der Waals surface area contributed by atoms with E-state index in [4.69, 9.17) is 5.73 Å². The molecule has 0 aliphatic rings. The van der Waals surface area contributed by atoms with Crippen LogP contribution in [0.4, 0.5) is 0 Å². The van der Waals surface area contributed by atoms with Gasteiger partial charge in [0.1, 0.15) is 5.82 Å². The summed E-state index contributed by atoms with van der Waals surface area (Å²) in [5.74, 6) is 0.811. The molecule has 1 atom stereocenters. The summed E-state index contributed by atoms with van der Waals surface area (Å²) in [6.45, 7) is 0. The highest BCUT2D eigenvalue weighted by Crippen LogP contribution is 2.21. The third-order valence-corrected chi connectivity index (χ3v) is 3.08. The molecule has 3 aromatic rings. The summed E-state index contributed by atoms with van der Waals surface area (Å²) in [7, 11) is 3.82. The number of hydrogen-bond acceptors (Lipinski definition) is 4. The SMILES string of the molecule is Cn1cc(C(N)c2nc3ccncc3n2C)cn1. The maximum Gasteiger partial charge on any atom is 0.131 e. The van der Waals surface area contributed by atoms with Crippen LogP contribution in [0.25, 0.3) is 11.0 Å². The zero-order valence-corrected chi connectivity index (χ0v) is 10.3. The van der Waals surface area contributed by atoms with Crippen molar-refractivity contribution in [2.45, 2.75) is 6.04 Å². The van der Waals surface area contributed by atoms with Crippen LogP contribution in [-0.2, 0) is 14.1 Å². The molecule has 18 heavy (non-hydrogen) atoms. The van der Waals surface area contributed by atoms with Crippen LogP contribution in [0.2, 0.25) is 0 Å². The van der Waals surface area contributed by atoms with Gasteiger partial charge in [-0.3, -0.25) is 9.67 Å². The van der Waals surface area contributed by atoms with E-state index in [1.54, 1.807) is 23.3 Å². The summed E-state index contributed by atoms with van der Waals surface area (Å²) < 4.78 is 3.71. The average Bonchev–Trinajstić information content (AvgIpc) is 2.94. The Hall–Kier alpha value is -2.21. The molecule has 2 N–H and O–H groups in total. The molecule has 0 aliphatic carbocycles. The van der Waals surface area contributed by atoms with E-state index in [1.807, 2.05) is 30.9 Å². The standard InChI is InChI=1S/C12H14N6/c1-17-7-8(5-15-17)11(13)12-16-9-3-4-14-6-10(9)18(12)2/h3-7,11H,13H2,1-2H3. The van der Waals surface area contributed by atoms with Gasteiger partial charge in [-0.05, 0) is 6.07 Å². The lowest BCUT2D eigenvalue weighted by molar-refractivity contribution is 0.724. The second kappa shape index (κ2) is 3.92. The van der Waals surface area contributed by atoms with Crippen molar-refractivity contribution in [2.75, 3.05) is 0 Å². The molecule has 3 heterocycles. The van der Waals surface area contributed by atoms with Crippen LogP contribution in [0, 0.1) is 0 Å². The summed E-state index contributed by atoms with van der Waals surface area (Å²) in [4.78, 5) is 8.66. The monoisotopic (exact) mass is 242 g/mol. The molecule has 92 valence electrons. The van der Waals surface area contributed by atoms with Gasteiger partial charge in [0.2, 0.25) is 0 Å². The number of fused-ring (bicyclic) bond motifs is 1. The molecule has 0 amide bonds. The minimum absolute atomic E-state index is 0.281. The van der Waals surface area contributed by atoms with E-state index in [2.05, 4.69) is 15.1 Å². The van der Waals surface area contributed by atoms with Crippen molar-refractivity contribution < 1.29 is 0 Å². The fraction of sp³-hybridized carbons (Fsp3) is 0.250. The van der Waals surface area contributed by atoms with Gasteiger partial charge in [-0.2, -0.15) is 5.10 Å². The van der Waals surface area contributed by atoms with Crippen molar-refractivity contribution >= 4 is 11.0 Å². The second-order valence-corrected chi connectivity index (χ2v) is 4.32. The van der Waals surface area contributed by atoms with Gasteiger partial charge in [-0.15, -0.1) is 0 Å². The molecule has 0 aliphatic heterocycles. The molecule has 0 bridgehead atoms. The number of nitrogens with two attached hydrogens (primary N) is 1. The number of aryl methyl sites for hydroxylation is 2. The predicted octanol–water partition coefficient (Wildman–Crippen LogP) is 0.750. The van der Waals surface area contributed by atoms with Crippen LogP contribution in [0.3, 0.4) is 0 Å². The zero-order valence-electron chi connectivity index (χ0n) is 10.3. The number of aromatic nitrogens is 5. The third-order valence-electron chi connectivity index (χ3n) is 3.08. The van der Waals surface area contributed by atoms with Gasteiger partial charge in [0.25, 0.3) is 0 Å². The van der Waals surface area contributed by atoms with E-state index in [-0.39, 0.29) is 6.04 Å². The van der Waals surface area contributed by atoms with E-state index >= 15 is 0 Å². The minimum Gasteiger partial charge on any atom is -0.328 e. The highest BCUT2D eigenvalue weighted by molar-refractivity contribution is 5.74. The molecule has 0 radical (unpaired) electrons. The minimum atomic E-state index is -0.281. The number of rotatable bonds is 2. The van der Waals surface area contributed by atoms with Crippen molar-refractivity contribution in [2.24, 2.45) is 19.8 Å². The van der Waals surface area contributed by atoms with E-state index in [0.717, 1.165) is 22.4 Å². The van der Waals surface area contributed by atoms with Crippen molar-refractivity contribution in [3.8, 4) is 0 Å². The molecular formula is C12H14N6. The number of imidazole rings is 1. The first-order valence-electron chi connectivity index (χ1n) is 5.67. The third kappa shape index (κ3) is 1.58. The van der Waals surface area contributed by atoms with Gasteiger partial charge in [0, 0.05) is 32.1 Å². The lowest BCUT2D eigenvalue weighted by Gasteiger charge is -2.09. The fourth-order valence-electron chi connectivity index (χ4n) is 2.08. The molecule has 0 saturated carbocycles. The lowest BCUT2D eigenvalue weighted by atomic mass is 10.1. The largest absolute Gasteiger partial charge is 0.328 e. The molecule has 3 aromatic heterocycles. The Balaban J connectivity index is 2.11. The van der Waals surface area contributed by atoms with E-state index < -0.39 is 0 Å².